The Labute approximate surface area is 229 Å². The molecule has 0 saturated carbocycles. The molecular formula is C27H19BrFIN2O4. The summed E-state index contributed by atoms with van der Waals surface area (Å²) in [4.78, 5) is 38.8. The maximum absolute atomic E-state index is 13.3. The number of nitrogens with one attached hydrogen (secondary N) is 1. The second-order valence-electron chi connectivity index (χ2n) is 7.83. The number of nitrogens with zero attached hydrogens (tertiary/aromatic N) is 1. The first-order valence-corrected chi connectivity index (χ1v) is 12.6. The lowest BCUT2D eigenvalue weighted by Crippen LogP contribution is -2.54. The molecule has 0 unspecified atom stereocenters. The average molecular weight is 661 g/mol. The first-order valence-electron chi connectivity index (χ1n) is 10.7. The number of amides is 4. The van der Waals surface area contributed by atoms with Crippen molar-refractivity contribution in [1.82, 2.24) is 5.32 Å². The number of allylic oxidation sites excluding steroid dienone is 1. The Morgan fingerprint density at radius 1 is 1.06 bits per heavy atom. The van der Waals surface area contributed by atoms with E-state index in [4.69, 9.17) is 4.74 Å². The Bertz CT molecular complexity index is 1390. The molecule has 36 heavy (non-hydrogen) atoms. The molecule has 0 aromatic heterocycles. The molecule has 6 nitrogen and oxygen atoms in total. The van der Waals surface area contributed by atoms with Crippen molar-refractivity contribution in [2.45, 2.75) is 13.0 Å². The third-order valence-electron chi connectivity index (χ3n) is 5.30. The highest BCUT2D eigenvalue weighted by Gasteiger charge is 2.36. The summed E-state index contributed by atoms with van der Waals surface area (Å²) in [6.07, 6.45) is 3.61. The number of barbiturate groups is 1. The zero-order chi connectivity index (χ0) is 25.8. The summed E-state index contributed by atoms with van der Waals surface area (Å²) in [6.45, 7) is 4.16. The molecule has 3 aromatic rings. The second kappa shape index (κ2) is 11.2. The van der Waals surface area contributed by atoms with Gasteiger partial charge in [0.2, 0.25) is 0 Å². The predicted octanol–water partition coefficient (Wildman–Crippen LogP) is 6.17. The van der Waals surface area contributed by atoms with E-state index < -0.39 is 23.7 Å². The van der Waals surface area contributed by atoms with Crippen molar-refractivity contribution in [1.29, 1.82) is 0 Å². The number of rotatable bonds is 7. The Morgan fingerprint density at radius 2 is 1.75 bits per heavy atom. The number of hydrogen-bond acceptors (Lipinski definition) is 4. The van der Waals surface area contributed by atoms with Crippen molar-refractivity contribution in [2.75, 3.05) is 4.90 Å². The minimum atomic E-state index is -0.901. The van der Waals surface area contributed by atoms with Gasteiger partial charge < -0.3 is 4.74 Å². The van der Waals surface area contributed by atoms with Crippen LogP contribution in [0.25, 0.3) is 6.08 Å². The predicted molar refractivity (Wildman–Crippen MR) is 147 cm³/mol. The summed E-state index contributed by atoms with van der Waals surface area (Å²) >= 11 is 5.78. The number of anilines is 1. The minimum absolute atomic E-state index is 0.144. The molecule has 0 spiro atoms. The quantitative estimate of drug-likeness (QED) is 0.142. The number of carbonyl (C=O) groups is 3. The van der Waals surface area contributed by atoms with E-state index in [1.165, 1.54) is 18.2 Å². The highest BCUT2D eigenvalue weighted by Crippen LogP contribution is 2.33. The third kappa shape index (κ3) is 5.73. The normalized spacial score (nSPS) is 14.7. The van der Waals surface area contributed by atoms with E-state index in [9.17, 15) is 18.8 Å². The van der Waals surface area contributed by atoms with Gasteiger partial charge in [-0.15, -0.1) is 6.58 Å². The Morgan fingerprint density at radius 3 is 2.42 bits per heavy atom. The van der Waals surface area contributed by atoms with Crippen molar-refractivity contribution in [2.24, 2.45) is 0 Å². The molecule has 182 valence electrons. The van der Waals surface area contributed by atoms with Crippen LogP contribution in [0.15, 0.2) is 83.4 Å². The smallest absolute Gasteiger partial charge is 0.335 e. The van der Waals surface area contributed by atoms with Crippen molar-refractivity contribution in [3.05, 3.63) is 109 Å². The van der Waals surface area contributed by atoms with Crippen LogP contribution < -0.4 is 15.0 Å². The monoisotopic (exact) mass is 660 g/mol. The molecule has 1 aliphatic heterocycles. The lowest BCUT2D eigenvalue weighted by molar-refractivity contribution is -0.122. The summed E-state index contributed by atoms with van der Waals surface area (Å²) in [7, 11) is 0. The first kappa shape index (κ1) is 25.8. The largest absolute Gasteiger partial charge is 0.487 e. The molecule has 1 N–H and O–H groups in total. The van der Waals surface area contributed by atoms with Gasteiger partial charge in [-0.05, 0) is 116 Å². The molecule has 1 fully saturated rings. The Hall–Kier alpha value is -3.31. The number of ether oxygens (including phenoxy) is 1. The molecule has 1 heterocycles. The minimum Gasteiger partial charge on any atom is -0.487 e. The molecule has 0 bridgehead atoms. The maximum Gasteiger partial charge on any atom is 0.335 e. The van der Waals surface area contributed by atoms with E-state index in [0.717, 1.165) is 31.7 Å². The molecule has 0 radical (unpaired) electrons. The van der Waals surface area contributed by atoms with E-state index in [2.05, 4.69) is 50.4 Å². The van der Waals surface area contributed by atoms with Crippen LogP contribution >= 0.6 is 38.5 Å². The van der Waals surface area contributed by atoms with Gasteiger partial charge in [0, 0.05) is 3.57 Å². The van der Waals surface area contributed by atoms with Crippen LogP contribution in [-0.4, -0.2) is 17.8 Å². The SMILES string of the molecule is C=CCc1cc(/C=C2\C(=O)NC(=O)N(c3ccc(F)cc3)C2=O)cc(Br)c1OCc1ccc(I)cc1. The van der Waals surface area contributed by atoms with Crippen molar-refractivity contribution in [3.8, 4) is 5.75 Å². The fourth-order valence-corrected chi connectivity index (χ4v) is 4.60. The van der Waals surface area contributed by atoms with E-state index in [-0.39, 0.29) is 11.3 Å². The highest BCUT2D eigenvalue weighted by molar-refractivity contribution is 14.1. The van der Waals surface area contributed by atoms with Gasteiger partial charge in [-0.3, -0.25) is 14.9 Å². The third-order valence-corrected chi connectivity index (χ3v) is 6.61. The Kier molecular flexibility index (Phi) is 8.00. The summed E-state index contributed by atoms with van der Waals surface area (Å²) in [6, 6.07) is 15.4. The highest BCUT2D eigenvalue weighted by atomic mass is 127. The Balaban J connectivity index is 1.65. The van der Waals surface area contributed by atoms with E-state index >= 15 is 0 Å². The summed E-state index contributed by atoms with van der Waals surface area (Å²) in [5.41, 5.74) is 2.26. The number of halogens is 3. The van der Waals surface area contributed by atoms with Crippen LogP contribution in [0, 0.1) is 9.39 Å². The van der Waals surface area contributed by atoms with Crippen LogP contribution in [0.2, 0.25) is 0 Å². The fraction of sp³-hybridized carbons (Fsp3) is 0.0741. The second-order valence-corrected chi connectivity index (χ2v) is 9.93. The zero-order valence-electron chi connectivity index (χ0n) is 18.8. The number of imide groups is 2. The zero-order valence-corrected chi connectivity index (χ0v) is 22.5. The molecule has 3 aromatic carbocycles. The fourth-order valence-electron chi connectivity index (χ4n) is 3.61. The van der Waals surface area contributed by atoms with Gasteiger partial charge in [0.05, 0.1) is 10.2 Å². The van der Waals surface area contributed by atoms with Gasteiger partial charge in [-0.25, -0.2) is 14.1 Å². The van der Waals surface area contributed by atoms with Crippen LogP contribution in [0.4, 0.5) is 14.9 Å². The standard InChI is InChI=1S/C27H19BrFIN2O4/c1-2-3-18-12-17(14-23(28)24(18)36-15-16-4-8-20(30)9-5-16)13-22-25(33)31-27(35)32(26(22)34)21-10-6-19(29)7-11-21/h2,4-14H,1,3,15H2,(H,31,33,35)/b22-13+. The van der Waals surface area contributed by atoms with Gasteiger partial charge in [0.15, 0.2) is 0 Å². The van der Waals surface area contributed by atoms with Gasteiger partial charge in [0.25, 0.3) is 11.8 Å². The van der Waals surface area contributed by atoms with Crippen molar-refractivity contribution >= 4 is 68.1 Å². The van der Waals surface area contributed by atoms with Gasteiger partial charge in [-0.1, -0.05) is 18.2 Å². The average Bonchev–Trinajstić information content (AvgIpc) is 2.83. The van der Waals surface area contributed by atoms with Crippen LogP contribution in [0.3, 0.4) is 0 Å². The summed E-state index contributed by atoms with van der Waals surface area (Å²) in [5.74, 6) is -1.52. The van der Waals surface area contributed by atoms with E-state index in [1.807, 2.05) is 24.3 Å². The first-order chi connectivity index (χ1) is 17.3. The van der Waals surface area contributed by atoms with Crippen molar-refractivity contribution < 1.29 is 23.5 Å². The molecule has 1 aliphatic rings. The molecule has 9 heteroatoms. The van der Waals surface area contributed by atoms with Crippen LogP contribution in [-0.2, 0) is 22.6 Å². The van der Waals surface area contributed by atoms with E-state index in [0.29, 0.717) is 28.8 Å². The topological polar surface area (TPSA) is 75.7 Å². The lowest BCUT2D eigenvalue weighted by Gasteiger charge is -2.26. The molecule has 0 aliphatic carbocycles. The molecule has 4 rings (SSSR count). The molecule has 4 amide bonds. The molecular weight excluding hydrogens is 642 g/mol. The maximum atomic E-state index is 13.3. The number of hydrogen-bond donors (Lipinski definition) is 1. The number of urea groups is 1. The molecule has 0 atom stereocenters. The van der Waals surface area contributed by atoms with E-state index in [1.54, 1.807) is 18.2 Å². The summed E-state index contributed by atoms with van der Waals surface area (Å²) in [5, 5.41) is 2.16. The van der Waals surface area contributed by atoms with Gasteiger partial charge in [-0.2, -0.15) is 0 Å². The summed E-state index contributed by atoms with van der Waals surface area (Å²) < 4.78 is 21.2. The van der Waals surface area contributed by atoms with Crippen molar-refractivity contribution in [3.63, 3.8) is 0 Å². The van der Waals surface area contributed by atoms with Crippen LogP contribution in [0.1, 0.15) is 16.7 Å². The number of benzene rings is 3. The number of carbonyl (C=O) groups excluding carboxylic acids is 3. The molecule has 1 saturated heterocycles. The lowest BCUT2D eigenvalue weighted by atomic mass is 10.0. The van der Waals surface area contributed by atoms with Gasteiger partial charge in [0.1, 0.15) is 23.7 Å². The van der Waals surface area contributed by atoms with Crippen LogP contribution in [0.5, 0.6) is 5.75 Å². The van der Waals surface area contributed by atoms with Gasteiger partial charge >= 0.3 is 6.03 Å².